The number of benzene rings is 1. The quantitative estimate of drug-likeness (QED) is 0.590. The minimum atomic E-state index is -0.386. The van der Waals surface area contributed by atoms with E-state index in [-0.39, 0.29) is 16.9 Å². The SMILES string of the molecule is O=c1c(-c2nn[nH]n2)cnc2cc(-c3ccccc3)on12. The minimum Gasteiger partial charge on any atom is -0.369 e. The van der Waals surface area contributed by atoms with Gasteiger partial charge in [-0.2, -0.15) is 5.21 Å². The number of tetrazole rings is 1. The summed E-state index contributed by atoms with van der Waals surface area (Å²) in [6.45, 7) is 0. The zero-order valence-corrected chi connectivity index (χ0v) is 10.6. The molecule has 1 N–H and O–H groups in total. The lowest BCUT2D eigenvalue weighted by molar-refractivity contribution is 0.375. The van der Waals surface area contributed by atoms with Gasteiger partial charge in [0.15, 0.2) is 11.4 Å². The predicted molar refractivity (Wildman–Crippen MR) is 72.3 cm³/mol. The van der Waals surface area contributed by atoms with Gasteiger partial charge in [0.2, 0.25) is 5.82 Å². The Labute approximate surface area is 117 Å². The number of aromatic amines is 1. The van der Waals surface area contributed by atoms with Gasteiger partial charge >= 0.3 is 0 Å². The van der Waals surface area contributed by atoms with Crippen molar-refractivity contribution < 1.29 is 4.52 Å². The highest BCUT2D eigenvalue weighted by Crippen LogP contribution is 2.21. The molecule has 0 spiro atoms. The Morgan fingerprint density at radius 2 is 2.05 bits per heavy atom. The van der Waals surface area contributed by atoms with Crippen LogP contribution in [0.5, 0.6) is 0 Å². The van der Waals surface area contributed by atoms with Crippen LogP contribution in [-0.2, 0) is 0 Å². The molecule has 0 fully saturated rings. The molecule has 21 heavy (non-hydrogen) atoms. The first kappa shape index (κ1) is 11.5. The Morgan fingerprint density at radius 3 is 2.81 bits per heavy atom. The molecule has 8 heteroatoms. The molecule has 0 amide bonds. The fourth-order valence-electron chi connectivity index (χ4n) is 2.05. The third-order valence-corrected chi connectivity index (χ3v) is 3.04. The van der Waals surface area contributed by atoms with Crippen molar-refractivity contribution in [3.63, 3.8) is 0 Å². The largest absolute Gasteiger partial charge is 0.369 e. The molecule has 3 aromatic heterocycles. The second-order valence-corrected chi connectivity index (χ2v) is 4.33. The topological polar surface area (TPSA) is 102 Å². The van der Waals surface area contributed by atoms with Crippen molar-refractivity contribution >= 4 is 5.65 Å². The Kier molecular flexibility index (Phi) is 2.40. The van der Waals surface area contributed by atoms with Gasteiger partial charge in [0.25, 0.3) is 5.56 Å². The van der Waals surface area contributed by atoms with Crippen LogP contribution in [0, 0.1) is 0 Å². The van der Waals surface area contributed by atoms with Crippen LogP contribution >= 0.6 is 0 Å². The molecule has 8 nitrogen and oxygen atoms in total. The van der Waals surface area contributed by atoms with Gasteiger partial charge in [-0.15, -0.1) is 14.8 Å². The molecule has 0 radical (unpaired) electrons. The van der Waals surface area contributed by atoms with Crippen LogP contribution in [0.25, 0.3) is 28.4 Å². The highest BCUT2D eigenvalue weighted by Gasteiger charge is 2.15. The van der Waals surface area contributed by atoms with Gasteiger partial charge in [0.05, 0.1) is 0 Å². The average molecular weight is 280 g/mol. The summed E-state index contributed by atoms with van der Waals surface area (Å²) in [5, 5.41) is 13.3. The fraction of sp³-hybridized carbons (Fsp3) is 0. The standard InChI is InChI=1S/C13H8N6O2/c20-13-9(12-15-17-18-16-12)7-14-11-6-10(21-19(11)13)8-4-2-1-3-5-8/h1-7H,(H,15,16,17,18). The molecule has 4 rings (SSSR count). The van der Waals surface area contributed by atoms with E-state index < -0.39 is 0 Å². The normalized spacial score (nSPS) is 11.0. The molecule has 0 aliphatic carbocycles. The summed E-state index contributed by atoms with van der Waals surface area (Å²) in [5.41, 5.74) is 1.12. The molecule has 0 aliphatic rings. The lowest BCUT2D eigenvalue weighted by atomic mass is 10.2. The molecule has 0 atom stereocenters. The van der Waals surface area contributed by atoms with Crippen molar-refractivity contribution in [2.75, 3.05) is 0 Å². The summed E-state index contributed by atoms with van der Waals surface area (Å²) in [6.07, 6.45) is 1.41. The van der Waals surface area contributed by atoms with Gasteiger partial charge in [0.1, 0.15) is 5.56 Å². The lowest BCUT2D eigenvalue weighted by Gasteiger charge is -1.95. The molecule has 0 unspecified atom stereocenters. The van der Waals surface area contributed by atoms with Crippen LogP contribution in [0.3, 0.4) is 0 Å². The second-order valence-electron chi connectivity index (χ2n) is 4.33. The summed E-state index contributed by atoms with van der Waals surface area (Å²) in [6, 6.07) is 11.2. The molecule has 4 aromatic rings. The van der Waals surface area contributed by atoms with E-state index in [1.54, 1.807) is 6.07 Å². The molecule has 0 bridgehead atoms. The number of rotatable bonds is 2. The maximum Gasteiger partial charge on any atom is 0.298 e. The first-order valence-corrected chi connectivity index (χ1v) is 6.14. The Balaban J connectivity index is 1.93. The van der Waals surface area contributed by atoms with E-state index in [1.165, 1.54) is 6.20 Å². The van der Waals surface area contributed by atoms with Gasteiger partial charge in [-0.1, -0.05) is 30.3 Å². The Hall–Kier alpha value is -3.29. The third-order valence-electron chi connectivity index (χ3n) is 3.04. The third kappa shape index (κ3) is 1.81. The summed E-state index contributed by atoms with van der Waals surface area (Å²) in [4.78, 5) is 16.6. The van der Waals surface area contributed by atoms with E-state index in [2.05, 4.69) is 25.6 Å². The highest BCUT2D eigenvalue weighted by molar-refractivity contribution is 5.62. The van der Waals surface area contributed by atoms with Gasteiger partial charge in [0, 0.05) is 17.8 Å². The molecule has 0 saturated carbocycles. The maximum atomic E-state index is 12.4. The first-order valence-electron chi connectivity index (χ1n) is 6.14. The smallest absolute Gasteiger partial charge is 0.298 e. The van der Waals surface area contributed by atoms with Gasteiger partial charge in [-0.3, -0.25) is 4.79 Å². The second kappa shape index (κ2) is 4.37. The number of nitrogens with zero attached hydrogens (tertiary/aromatic N) is 5. The number of nitrogens with one attached hydrogen (secondary N) is 1. The number of fused-ring (bicyclic) bond motifs is 1. The molecule has 102 valence electrons. The Bertz CT molecular complexity index is 955. The van der Waals surface area contributed by atoms with Gasteiger partial charge in [-0.05, 0) is 5.21 Å². The number of hydrogen-bond acceptors (Lipinski definition) is 6. The lowest BCUT2D eigenvalue weighted by Crippen LogP contribution is -2.15. The highest BCUT2D eigenvalue weighted by atomic mass is 16.5. The van der Waals surface area contributed by atoms with E-state index in [9.17, 15) is 4.79 Å². The van der Waals surface area contributed by atoms with E-state index in [4.69, 9.17) is 4.52 Å². The monoisotopic (exact) mass is 280 g/mol. The van der Waals surface area contributed by atoms with Crippen molar-refractivity contribution in [1.82, 2.24) is 30.2 Å². The van der Waals surface area contributed by atoms with Crippen molar-refractivity contribution in [2.45, 2.75) is 0 Å². The van der Waals surface area contributed by atoms with Crippen LogP contribution in [0.15, 0.2) is 51.9 Å². The zero-order chi connectivity index (χ0) is 14.2. The van der Waals surface area contributed by atoms with E-state index >= 15 is 0 Å². The molecule has 3 heterocycles. The molecule has 0 aliphatic heterocycles. The summed E-state index contributed by atoms with van der Waals surface area (Å²) in [5.74, 6) is 0.741. The van der Waals surface area contributed by atoms with Crippen LogP contribution in [0.1, 0.15) is 0 Å². The Morgan fingerprint density at radius 1 is 1.19 bits per heavy atom. The molecule has 1 aromatic carbocycles. The summed E-state index contributed by atoms with van der Waals surface area (Å²) in [7, 11) is 0. The van der Waals surface area contributed by atoms with E-state index in [1.807, 2.05) is 30.3 Å². The van der Waals surface area contributed by atoms with Crippen LogP contribution in [-0.4, -0.2) is 30.2 Å². The average Bonchev–Trinajstić information content (AvgIpc) is 3.18. The number of H-pyrrole nitrogens is 1. The van der Waals surface area contributed by atoms with E-state index in [0.29, 0.717) is 11.4 Å². The number of hydrogen-bond donors (Lipinski definition) is 1. The van der Waals surface area contributed by atoms with Gasteiger partial charge < -0.3 is 4.52 Å². The fourth-order valence-corrected chi connectivity index (χ4v) is 2.05. The van der Waals surface area contributed by atoms with Crippen LogP contribution < -0.4 is 5.56 Å². The molecular weight excluding hydrogens is 272 g/mol. The van der Waals surface area contributed by atoms with Crippen LogP contribution in [0.2, 0.25) is 0 Å². The molecular formula is C13H8N6O2. The summed E-state index contributed by atoms with van der Waals surface area (Å²) >= 11 is 0. The van der Waals surface area contributed by atoms with Crippen molar-refractivity contribution in [3.05, 3.63) is 52.9 Å². The van der Waals surface area contributed by atoms with Crippen molar-refractivity contribution in [3.8, 4) is 22.7 Å². The maximum absolute atomic E-state index is 12.4. The molecule has 0 saturated heterocycles. The minimum absolute atomic E-state index is 0.180. The first-order chi connectivity index (χ1) is 10.3. The predicted octanol–water partition coefficient (Wildman–Crippen LogP) is 1.13. The van der Waals surface area contributed by atoms with Crippen molar-refractivity contribution in [2.24, 2.45) is 0 Å². The van der Waals surface area contributed by atoms with E-state index in [0.717, 1.165) is 10.1 Å². The summed E-state index contributed by atoms with van der Waals surface area (Å²) < 4.78 is 6.70. The zero-order valence-electron chi connectivity index (χ0n) is 10.6. The number of aromatic nitrogens is 6. The van der Waals surface area contributed by atoms with Crippen molar-refractivity contribution in [1.29, 1.82) is 0 Å². The van der Waals surface area contributed by atoms with Gasteiger partial charge in [-0.25, -0.2) is 4.98 Å². The van der Waals surface area contributed by atoms with Crippen LogP contribution in [0.4, 0.5) is 0 Å².